The number of alkyl halides is 3. The predicted octanol–water partition coefficient (Wildman–Crippen LogP) is 6.42. The first-order chi connectivity index (χ1) is 13.7. The monoisotopic (exact) mass is 427 g/mol. The molecule has 0 radical (unpaired) electrons. The highest BCUT2D eigenvalue weighted by Crippen LogP contribution is 2.49. The van der Waals surface area contributed by atoms with E-state index in [1.54, 1.807) is 49.7 Å². The van der Waals surface area contributed by atoms with Crippen LogP contribution in [0.25, 0.3) is 22.2 Å². The fraction of sp³-hybridized carbons (Fsp3) is 0.300. The standard InChI is InChI=1S/C20H21F3NO4P/c1-4-26-29(25,27-5-2)28-17-10-7-14(8-11-17)18-12-15-6-9-16(20(21,22)23)13-19(15)24(18)3/h6-13H,4-5H2,1-3H3. The van der Waals surface area contributed by atoms with Crippen molar-refractivity contribution in [2.24, 2.45) is 7.05 Å². The molecule has 5 nitrogen and oxygen atoms in total. The fourth-order valence-corrected chi connectivity index (χ4v) is 4.20. The summed E-state index contributed by atoms with van der Waals surface area (Å²) >= 11 is 0. The third kappa shape index (κ3) is 4.66. The molecule has 0 spiro atoms. The minimum absolute atomic E-state index is 0.172. The number of phosphoric acid groups is 1. The molecular formula is C20H21F3NO4P. The summed E-state index contributed by atoms with van der Waals surface area (Å²) in [6, 6.07) is 12.2. The lowest BCUT2D eigenvalue weighted by Crippen LogP contribution is -2.04. The van der Waals surface area contributed by atoms with Gasteiger partial charge in [0.1, 0.15) is 5.75 Å². The molecule has 1 heterocycles. The number of fused-ring (bicyclic) bond motifs is 1. The molecule has 3 aromatic rings. The average Bonchev–Trinajstić information content (AvgIpc) is 2.98. The molecule has 0 aliphatic rings. The highest BCUT2D eigenvalue weighted by atomic mass is 31.2. The molecule has 0 saturated heterocycles. The molecule has 0 atom stereocenters. The van der Waals surface area contributed by atoms with Crippen LogP contribution in [0.5, 0.6) is 5.75 Å². The quantitative estimate of drug-likeness (QED) is 0.408. The van der Waals surface area contributed by atoms with Crippen molar-refractivity contribution in [2.75, 3.05) is 13.2 Å². The first kappa shape index (κ1) is 21.4. The SMILES string of the molecule is CCOP(=O)(OCC)Oc1ccc(-c2cc3ccc(C(F)(F)F)cc3n2C)cc1. The number of aromatic nitrogens is 1. The molecule has 0 amide bonds. The molecule has 2 aromatic carbocycles. The molecule has 1 aromatic heterocycles. The van der Waals surface area contributed by atoms with Crippen molar-refractivity contribution in [3.8, 4) is 17.0 Å². The molecule has 0 aliphatic heterocycles. The number of benzene rings is 2. The van der Waals surface area contributed by atoms with Gasteiger partial charge in [0.2, 0.25) is 0 Å². The molecule has 0 N–H and O–H groups in total. The van der Waals surface area contributed by atoms with E-state index in [1.807, 2.05) is 6.07 Å². The summed E-state index contributed by atoms with van der Waals surface area (Å²) in [4.78, 5) is 0. The van der Waals surface area contributed by atoms with Crippen LogP contribution in [0.4, 0.5) is 13.2 Å². The fourth-order valence-electron chi connectivity index (χ4n) is 3.01. The Hall–Kier alpha value is -2.28. The van der Waals surface area contributed by atoms with Crippen LogP contribution in [0, 0.1) is 0 Å². The zero-order valence-electron chi connectivity index (χ0n) is 16.2. The molecule has 0 fully saturated rings. The molecule has 0 bridgehead atoms. The summed E-state index contributed by atoms with van der Waals surface area (Å²) in [5.41, 5.74) is 1.30. The van der Waals surface area contributed by atoms with E-state index in [4.69, 9.17) is 13.6 Å². The molecule has 9 heteroatoms. The summed E-state index contributed by atoms with van der Waals surface area (Å²) in [5, 5.41) is 0.702. The lowest BCUT2D eigenvalue weighted by molar-refractivity contribution is -0.137. The average molecular weight is 427 g/mol. The van der Waals surface area contributed by atoms with E-state index in [-0.39, 0.29) is 13.2 Å². The number of hydrogen-bond donors (Lipinski definition) is 0. The van der Waals surface area contributed by atoms with Crippen LogP contribution in [0.3, 0.4) is 0 Å². The third-order valence-corrected chi connectivity index (χ3v) is 5.90. The maximum absolute atomic E-state index is 13.0. The Bertz CT molecular complexity index is 1030. The number of nitrogens with zero attached hydrogens (tertiary/aromatic N) is 1. The number of aryl methyl sites for hydroxylation is 1. The molecule has 29 heavy (non-hydrogen) atoms. The van der Waals surface area contributed by atoms with E-state index in [9.17, 15) is 17.7 Å². The van der Waals surface area contributed by atoms with E-state index in [2.05, 4.69) is 0 Å². The summed E-state index contributed by atoms with van der Waals surface area (Å²) in [7, 11) is -1.99. The van der Waals surface area contributed by atoms with Gasteiger partial charge < -0.3 is 9.09 Å². The van der Waals surface area contributed by atoms with Crippen LogP contribution in [0.15, 0.2) is 48.5 Å². The number of rotatable bonds is 7. The third-order valence-electron chi connectivity index (χ3n) is 4.31. The van der Waals surface area contributed by atoms with E-state index in [1.165, 1.54) is 6.07 Å². The number of phosphoric ester groups is 1. The van der Waals surface area contributed by atoms with Crippen molar-refractivity contribution in [3.63, 3.8) is 0 Å². The summed E-state index contributed by atoms with van der Waals surface area (Å²) in [5.74, 6) is 0.303. The van der Waals surface area contributed by atoms with Gasteiger partial charge in [-0.2, -0.15) is 13.2 Å². The van der Waals surface area contributed by atoms with Gasteiger partial charge in [-0.15, -0.1) is 0 Å². The highest BCUT2D eigenvalue weighted by Gasteiger charge is 2.31. The van der Waals surface area contributed by atoms with Crippen LogP contribution in [-0.4, -0.2) is 17.8 Å². The van der Waals surface area contributed by atoms with E-state index >= 15 is 0 Å². The lowest BCUT2D eigenvalue weighted by Gasteiger charge is -2.17. The molecule has 3 rings (SSSR count). The number of halogens is 3. The molecule has 0 saturated carbocycles. The van der Waals surface area contributed by atoms with Gasteiger partial charge >= 0.3 is 14.0 Å². The van der Waals surface area contributed by atoms with Crippen LogP contribution in [-0.2, 0) is 26.8 Å². The van der Waals surface area contributed by atoms with E-state index in [0.717, 1.165) is 23.4 Å². The van der Waals surface area contributed by atoms with Crippen molar-refractivity contribution < 1.29 is 31.3 Å². The van der Waals surface area contributed by atoms with Crippen LogP contribution in [0.1, 0.15) is 19.4 Å². The van der Waals surface area contributed by atoms with Crippen molar-refractivity contribution in [2.45, 2.75) is 20.0 Å². The Morgan fingerprint density at radius 1 is 0.966 bits per heavy atom. The summed E-state index contributed by atoms with van der Waals surface area (Å²) in [6.45, 7) is 3.71. The zero-order chi connectivity index (χ0) is 21.2. The van der Waals surface area contributed by atoms with Gasteiger partial charge in [0.05, 0.1) is 18.8 Å². The Kier molecular flexibility index (Phi) is 6.08. The molecular weight excluding hydrogens is 406 g/mol. The van der Waals surface area contributed by atoms with Gasteiger partial charge in [-0.1, -0.05) is 6.07 Å². The summed E-state index contributed by atoms with van der Waals surface area (Å²) < 4.78 is 68.8. The summed E-state index contributed by atoms with van der Waals surface area (Å²) in [6.07, 6.45) is -4.40. The van der Waals surface area contributed by atoms with Crippen LogP contribution < -0.4 is 4.52 Å². The van der Waals surface area contributed by atoms with Crippen LogP contribution in [0.2, 0.25) is 0 Å². The highest BCUT2D eigenvalue weighted by molar-refractivity contribution is 7.48. The van der Waals surface area contributed by atoms with Gasteiger partial charge in [-0.3, -0.25) is 9.05 Å². The topological polar surface area (TPSA) is 49.7 Å². The lowest BCUT2D eigenvalue weighted by atomic mass is 10.1. The van der Waals surface area contributed by atoms with Gasteiger partial charge in [0.15, 0.2) is 0 Å². The van der Waals surface area contributed by atoms with Gasteiger partial charge in [0.25, 0.3) is 0 Å². The Labute approximate surface area is 166 Å². The van der Waals surface area contributed by atoms with Crippen LogP contribution >= 0.6 is 7.82 Å². The van der Waals surface area contributed by atoms with Crippen molar-refractivity contribution in [1.82, 2.24) is 4.57 Å². The maximum Gasteiger partial charge on any atom is 0.530 e. The normalized spacial score (nSPS) is 12.5. The Morgan fingerprint density at radius 3 is 2.14 bits per heavy atom. The van der Waals surface area contributed by atoms with E-state index in [0.29, 0.717) is 16.7 Å². The molecule has 0 unspecified atom stereocenters. The van der Waals surface area contributed by atoms with Crippen molar-refractivity contribution in [3.05, 3.63) is 54.1 Å². The first-order valence-corrected chi connectivity index (χ1v) is 10.5. The first-order valence-electron chi connectivity index (χ1n) is 9.02. The smallest absolute Gasteiger partial charge is 0.404 e. The molecule has 156 valence electrons. The van der Waals surface area contributed by atoms with Gasteiger partial charge in [-0.05, 0) is 61.9 Å². The van der Waals surface area contributed by atoms with Gasteiger partial charge in [0, 0.05) is 23.6 Å². The van der Waals surface area contributed by atoms with Gasteiger partial charge in [-0.25, -0.2) is 4.57 Å². The largest absolute Gasteiger partial charge is 0.530 e. The second-order valence-corrected chi connectivity index (χ2v) is 7.85. The Morgan fingerprint density at radius 2 is 1.59 bits per heavy atom. The molecule has 0 aliphatic carbocycles. The second kappa shape index (κ2) is 8.22. The maximum atomic E-state index is 13.0. The minimum Gasteiger partial charge on any atom is -0.404 e. The second-order valence-electron chi connectivity index (χ2n) is 6.26. The minimum atomic E-state index is -4.40. The zero-order valence-corrected chi connectivity index (χ0v) is 17.1. The van der Waals surface area contributed by atoms with Crippen molar-refractivity contribution >= 4 is 18.7 Å². The number of hydrogen-bond acceptors (Lipinski definition) is 4. The van der Waals surface area contributed by atoms with E-state index < -0.39 is 19.6 Å². The van der Waals surface area contributed by atoms with Crippen molar-refractivity contribution in [1.29, 1.82) is 0 Å². The predicted molar refractivity (Wildman–Crippen MR) is 105 cm³/mol. The Balaban J connectivity index is 1.91.